The first kappa shape index (κ1) is 35.0. The van der Waals surface area contributed by atoms with Crippen LogP contribution in [-0.2, 0) is 0 Å². The molecule has 0 bridgehead atoms. The van der Waals surface area contributed by atoms with Crippen molar-refractivity contribution in [3.8, 4) is 44.5 Å². The van der Waals surface area contributed by atoms with Crippen LogP contribution in [0, 0.1) is 41.5 Å². The van der Waals surface area contributed by atoms with Crippen LogP contribution in [0.5, 0.6) is 0 Å². The lowest BCUT2D eigenvalue weighted by Crippen LogP contribution is -1.92. The summed E-state index contributed by atoms with van der Waals surface area (Å²) in [5.41, 5.74) is 18.3. The summed E-state index contributed by atoms with van der Waals surface area (Å²) in [4.78, 5) is 0. The van der Waals surface area contributed by atoms with Gasteiger partial charge in [-0.25, -0.2) is 0 Å². The van der Waals surface area contributed by atoms with E-state index in [0.717, 1.165) is 0 Å². The molecule has 284 valence electrons. The minimum Gasteiger partial charge on any atom is -0.0622 e. The molecule has 0 N–H and O–H groups in total. The second-order valence-corrected chi connectivity index (χ2v) is 17.4. The maximum Gasteiger partial charge on any atom is -0.000473 e. The van der Waals surface area contributed by atoms with Gasteiger partial charge in [-0.05, 0) is 207 Å². The van der Waals surface area contributed by atoms with Crippen molar-refractivity contribution in [2.45, 2.75) is 41.5 Å². The summed E-state index contributed by atoms with van der Waals surface area (Å²) in [6.45, 7) is 13.6. The molecule has 0 saturated carbocycles. The van der Waals surface area contributed by atoms with Gasteiger partial charge in [0.15, 0.2) is 0 Å². The van der Waals surface area contributed by atoms with E-state index in [1.54, 1.807) is 0 Å². The summed E-state index contributed by atoms with van der Waals surface area (Å²) < 4.78 is 0. The fourth-order valence-corrected chi connectivity index (χ4v) is 11.4. The Hall–Kier alpha value is -7.02. The third-order valence-corrected chi connectivity index (χ3v) is 13.8. The second kappa shape index (κ2) is 12.7. The Morgan fingerprint density at radius 2 is 0.817 bits per heavy atom. The van der Waals surface area contributed by atoms with Crippen molar-refractivity contribution >= 4 is 75.4 Å². The summed E-state index contributed by atoms with van der Waals surface area (Å²) in [7, 11) is 0. The first-order valence-electron chi connectivity index (χ1n) is 21.4. The SMILES string of the molecule is Cc1cc2c3cc(-c4c(C)cccc4C)ccc3c3cc4c(-c5ccccc5)c5c(c(-c6ccccc6)c4c(c1)c23)c1ccc(-c2c(C)cccc2C)c2ccc(C)c5c21. The van der Waals surface area contributed by atoms with Crippen LogP contribution in [0.1, 0.15) is 33.4 Å². The maximum absolute atomic E-state index is 2.57. The van der Waals surface area contributed by atoms with Crippen molar-refractivity contribution in [2.24, 2.45) is 0 Å². The number of benzene rings is 10. The molecular formula is C60H44. The molecule has 0 heteroatoms. The van der Waals surface area contributed by atoms with Crippen LogP contribution in [-0.4, -0.2) is 0 Å². The molecular weight excluding hydrogens is 721 g/mol. The molecule has 0 aromatic heterocycles. The summed E-state index contributed by atoms with van der Waals surface area (Å²) in [6.07, 6.45) is 0. The summed E-state index contributed by atoms with van der Waals surface area (Å²) in [5, 5.41) is 18.7. The predicted molar refractivity (Wildman–Crippen MR) is 262 cm³/mol. The van der Waals surface area contributed by atoms with E-state index < -0.39 is 0 Å². The van der Waals surface area contributed by atoms with Gasteiger partial charge in [-0.1, -0.05) is 146 Å². The smallest absolute Gasteiger partial charge is 0.000473 e. The molecule has 0 spiro atoms. The zero-order chi connectivity index (χ0) is 40.6. The van der Waals surface area contributed by atoms with Gasteiger partial charge in [0.05, 0.1) is 0 Å². The topological polar surface area (TPSA) is 0 Å². The third kappa shape index (κ3) is 4.74. The van der Waals surface area contributed by atoms with E-state index >= 15 is 0 Å². The Morgan fingerprint density at radius 3 is 1.50 bits per heavy atom. The molecule has 12 aromatic rings. The first-order valence-corrected chi connectivity index (χ1v) is 21.4. The van der Waals surface area contributed by atoms with Gasteiger partial charge in [-0.15, -0.1) is 0 Å². The number of hydrogen-bond donors (Lipinski definition) is 0. The van der Waals surface area contributed by atoms with E-state index in [-0.39, 0.29) is 0 Å². The van der Waals surface area contributed by atoms with Crippen LogP contribution in [0.25, 0.3) is 120 Å². The van der Waals surface area contributed by atoms with Crippen LogP contribution in [0.2, 0.25) is 0 Å². The van der Waals surface area contributed by atoms with Crippen LogP contribution in [0.3, 0.4) is 0 Å². The molecule has 0 saturated heterocycles. The van der Waals surface area contributed by atoms with Gasteiger partial charge < -0.3 is 0 Å². The third-order valence-electron chi connectivity index (χ3n) is 13.8. The maximum atomic E-state index is 2.57. The van der Waals surface area contributed by atoms with Crippen molar-refractivity contribution in [2.75, 3.05) is 0 Å². The van der Waals surface area contributed by atoms with E-state index in [1.165, 1.54) is 153 Å². The largest absolute Gasteiger partial charge is 0.0622 e. The Bertz CT molecular complexity index is 3690. The first-order chi connectivity index (χ1) is 29.3. The average Bonchev–Trinajstić information content (AvgIpc) is 3.76. The molecule has 0 aliphatic rings. The molecule has 0 radical (unpaired) electrons. The minimum absolute atomic E-state index is 1.25. The molecule has 0 heterocycles. The van der Waals surface area contributed by atoms with Gasteiger partial charge in [0.1, 0.15) is 0 Å². The molecule has 12 rings (SSSR count). The van der Waals surface area contributed by atoms with Gasteiger partial charge in [0, 0.05) is 0 Å². The Morgan fingerprint density at radius 1 is 0.233 bits per heavy atom. The lowest BCUT2D eigenvalue weighted by Gasteiger charge is -2.19. The van der Waals surface area contributed by atoms with Crippen LogP contribution in [0.15, 0.2) is 158 Å². The highest BCUT2D eigenvalue weighted by molar-refractivity contribution is 6.45. The number of hydrogen-bond acceptors (Lipinski definition) is 0. The lowest BCUT2D eigenvalue weighted by atomic mass is 9.83. The molecule has 0 unspecified atom stereocenters. The number of aryl methyl sites for hydroxylation is 6. The molecule has 0 aliphatic carbocycles. The van der Waals surface area contributed by atoms with Gasteiger partial charge in [0.25, 0.3) is 0 Å². The number of fused-ring (bicyclic) bond motifs is 8. The highest BCUT2D eigenvalue weighted by atomic mass is 14.3. The van der Waals surface area contributed by atoms with Gasteiger partial charge in [-0.2, -0.15) is 0 Å². The minimum atomic E-state index is 1.25. The molecule has 0 amide bonds. The standard InChI is InChI=1S/C60H44/c1-33-29-47-46-31-41(51-34(2)15-13-16-35(51)3)24-26-42(46)48-32-50-54(39-19-9-7-10-20-39)60-53-38(6)23-25-44-43(52-36(4)17-14-18-37(52)5)27-28-45(57(44)53)59(60)55(40-21-11-8-12-22-40)58(50)49(30-33)56(47)48/h7-32H,1-6H3. The molecule has 0 atom stereocenters. The van der Waals surface area contributed by atoms with Crippen LogP contribution in [0.4, 0.5) is 0 Å². The molecule has 0 nitrogen and oxygen atoms in total. The van der Waals surface area contributed by atoms with Crippen molar-refractivity contribution < 1.29 is 0 Å². The Balaban J connectivity index is 1.35. The van der Waals surface area contributed by atoms with E-state index in [2.05, 4.69) is 199 Å². The normalized spacial score (nSPS) is 12.2. The van der Waals surface area contributed by atoms with Crippen molar-refractivity contribution in [1.82, 2.24) is 0 Å². The van der Waals surface area contributed by atoms with Crippen molar-refractivity contribution in [1.29, 1.82) is 0 Å². The van der Waals surface area contributed by atoms with Gasteiger partial charge in [-0.3, -0.25) is 0 Å². The average molecular weight is 765 g/mol. The van der Waals surface area contributed by atoms with Crippen LogP contribution >= 0.6 is 0 Å². The van der Waals surface area contributed by atoms with Crippen LogP contribution < -0.4 is 0 Å². The highest BCUT2D eigenvalue weighted by Crippen LogP contribution is 2.56. The Kier molecular flexibility index (Phi) is 7.42. The van der Waals surface area contributed by atoms with E-state index in [4.69, 9.17) is 0 Å². The van der Waals surface area contributed by atoms with Gasteiger partial charge in [0.2, 0.25) is 0 Å². The zero-order valence-electron chi connectivity index (χ0n) is 35.0. The van der Waals surface area contributed by atoms with E-state index in [9.17, 15) is 0 Å². The van der Waals surface area contributed by atoms with E-state index in [0.29, 0.717) is 0 Å². The molecule has 0 aliphatic heterocycles. The predicted octanol–water partition coefficient (Wildman–Crippen LogP) is 17.2. The summed E-state index contributed by atoms with van der Waals surface area (Å²) >= 11 is 0. The summed E-state index contributed by atoms with van der Waals surface area (Å²) in [6, 6.07) is 60.1. The van der Waals surface area contributed by atoms with E-state index in [1.807, 2.05) is 0 Å². The number of rotatable bonds is 4. The zero-order valence-corrected chi connectivity index (χ0v) is 35.0. The monoisotopic (exact) mass is 764 g/mol. The van der Waals surface area contributed by atoms with Gasteiger partial charge >= 0.3 is 0 Å². The fraction of sp³-hybridized carbons (Fsp3) is 0.100. The quantitative estimate of drug-likeness (QED) is 0.157. The molecule has 0 fully saturated rings. The molecule has 60 heavy (non-hydrogen) atoms. The van der Waals surface area contributed by atoms with Crippen molar-refractivity contribution in [3.05, 3.63) is 191 Å². The summed E-state index contributed by atoms with van der Waals surface area (Å²) in [5.74, 6) is 0. The second-order valence-electron chi connectivity index (χ2n) is 17.4. The molecule has 12 aromatic carbocycles. The Labute approximate surface area is 351 Å². The lowest BCUT2D eigenvalue weighted by molar-refractivity contribution is 1.38. The highest BCUT2D eigenvalue weighted by Gasteiger charge is 2.28. The van der Waals surface area contributed by atoms with Crippen molar-refractivity contribution in [3.63, 3.8) is 0 Å². The fourth-order valence-electron chi connectivity index (χ4n) is 11.4.